The SMILES string of the molecule is CC[C@@H]1CSC2=N[C@@H](c3ccccn3)[C@@H](c3ccc(OC)c(I)c3)N21. The van der Waals surface area contributed by atoms with Gasteiger partial charge in [-0.1, -0.05) is 30.8 Å². The summed E-state index contributed by atoms with van der Waals surface area (Å²) in [5.41, 5.74) is 2.32. The number of hydrogen-bond donors (Lipinski definition) is 0. The summed E-state index contributed by atoms with van der Waals surface area (Å²) in [5.74, 6) is 2.04. The van der Waals surface area contributed by atoms with Crippen LogP contribution in [0.5, 0.6) is 5.75 Å². The van der Waals surface area contributed by atoms with E-state index in [0.29, 0.717) is 6.04 Å². The molecule has 4 rings (SSSR count). The van der Waals surface area contributed by atoms with Crippen LogP contribution < -0.4 is 4.74 Å². The molecule has 0 saturated carbocycles. The molecular formula is C19H20IN3OS. The summed E-state index contributed by atoms with van der Waals surface area (Å²) in [7, 11) is 1.72. The van der Waals surface area contributed by atoms with Gasteiger partial charge in [0.15, 0.2) is 5.17 Å². The highest BCUT2D eigenvalue weighted by atomic mass is 127. The number of ether oxygens (including phenoxy) is 1. The van der Waals surface area contributed by atoms with Gasteiger partial charge < -0.3 is 9.64 Å². The minimum absolute atomic E-state index is 0.0437. The molecule has 2 aromatic rings. The molecular weight excluding hydrogens is 445 g/mol. The Kier molecular flexibility index (Phi) is 4.90. The molecule has 6 heteroatoms. The molecule has 25 heavy (non-hydrogen) atoms. The minimum Gasteiger partial charge on any atom is -0.496 e. The highest BCUT2D eigenvalue weighted by Crippen LogP contribution is 2.48. The number of thioether (sulfide) groups is 1. The molecule has 0 bridgehead atoms. The van der Waals surface area contributed by atoms with Crippen molar-refractivity contribution in [3.63, 3.8) is 0 Å². The molecule has 1 saturated heterocycles. The molecule has 0 unspecified atom stereocenters. The van der Waals surface area contributed by atoms with Crippen molar-refractivity contribution in [3.05, 3.63) is 57.4 Å². The van der Waals surface area contributed by atoms with Gasteiger partial charge in [0, 0.05) is 18.0 Å². The first kappa shape index (κ1) is 17.1. The van der Waals surface area contributed by atoms with Gasteiger partial charge in [-0.3, -0.25) is 9.98 Å². The van der Waals surface area contributed by atoms with Crippen molar-refractivity contribution in [2.75, 3.05) is 12.9 Å². The highest BCUT2D eigenvalue weighted by Gasteiger charge is 2.45. The molecule has 2 aliphatic heterocycles. The number of benzene rings is 1. The number of amidine groups is 1. The Bertz CT molecular complexity index is 799. The van der Waals surface area contributed by atoms with Gasteiger partial charge in [-0.25, -0.2) is 0 Å². The second-order valence-electron chi connectivity index (χ2n) is 6.23. The van der Waals surface area contributed by atoms with Crippen molar-refractivity contribution >= 4 is 39.5 Å². The van der Waals surface area contributed by atoms with Gasteiger partial charge in [0.2, 0.25) is 0 Å². The van der Waals surface area contributed by atoms with E-state index in [1.54, 1.807) is 7.11 Å². The summed E-state index contributed by atoms with van der Waals surface area (Å²) in [6.07, 6.45) is 2.99. The first-order valence-corrected chi connectivity index (χ1v) is 10.5. The maximum absolute atomic E-state index is 5.44. The summed E-state index contributed by atoms with van der Waals surface area (Å²) in [4.78, 5) is 12.2. The number of pyridine rings is 1. The molecule has 1 aromatic heterocycles. The largest absolute Gasteiger partial charge is 0.496 e. The Morgan fingerprint density at radius 3 is 2.88 bits per heavy atom. The summed E-state index contributed by atoms with van der Waals surface area (Å²) in [6, 6.07) is 13.3. The number of aliphatic imine (C=N–C) groups is 1. The Hall–Kier alpha value is -1.28. The summed E-state index contributed by atoms with van der Waals surface area (Å²) in [5, 5.41) is 1.17. The number of halogens is 1. The van der Waals surface area contributed by atoms with Gasteiger partial charge in [0.25, 0.3) is 0 Å². The number of hydrogen-bond acceptors (Lipinski definition) is 5. The number of rotatable bonds is 4. The summed E-state index contributed by atoms with van der Waals surface area (Å²) >= 11 is 4.22. The number of aromatic nitrogens is 1. The zero-order valence-corrected chi connectivity index (χ0v) is 17.2. The number of fused-ring (bicyclic) bond motifs is 1. The molecule has 1 fully saturated rings. The Morgan fingerprint density at radius 2 is 2.20 bits per heavy atom. The Morgan fingerprint density at radius 1 is 1.32 bits per heavy atom. The third-order valence-electron chi connectivity index (χ3n) is 4.85. The van der Waals surface area contributed by atoms with Crippen LogP contribution in [-0.2, 0) is 0 Å². The lowest BCUT2D eigenvalue weighted by Crippen LogP contribution is -2.35. The molecule has 0 radical (unpaired) electrons. The molecule has 0 amide bonds. The van der Waals surface area contributed by atoms with E-state index in [0.717, 1.165) is 27.2 Å². The van der Waals surface area contributed by atoms with E-state index in [9.17, 15) is 0 Å². The second kappa shape index (κ2) is 7.15. The lowest BCUT2D eigenvalue weighted by atomic mass is 9.95. The third-order valence-corrected chi connectivity index (χ3v) is 6.82. The molecule has 0 spiro atoms. The molecule has 4 nitrogen and oxygen atoms in total. The van der Waals surface area contributed by atoms with Crippen LogP contribution in [0.2, 0.25) is 0 Å². The summed E-state index contributed by atoms with van der Waals surface area (Å²) < 4.78 is 6.57. The van der Waals surface area contributed by atoms with Crippen molar-refractivity contribution < 1.29 is 4.74 Å². The minimum atomic E-state index is 0.0437. The fourth-order valence-electron chi connectivity index (χ4n) is 3.58. The van der Waals surface area contributed by atoms with Gasteiger partial charge in [-0.15, -0.1) is 0 Å². The first-order chi connectivity index (χ1) is 12.2. The topological polar surface area (TPSA) is 37.7 Å². The Labute approximate surface area is 166 Å². The van der Waals surface area contributed by atoms with Crippen LogP contribution in [0.15, 0.2) is 47.6 Å². The zero-order valence-electron chi connectivity index (χ0n) is 14.2. The Balaban J connectivity index is 1.79. The molecule has 2 aliphatic rings. The van der Waals surface area contributed by atoms with E-state index in [-0.39, 0.29) is 12.1 Å². The van der Waals surface area contributed by atoms with Crippen molar-refractivity contribution in [3.8, 4) is 5.75 Å². The van der Waals surface area contributed by atoms with Gasteiger partial charge in [0.1, 0.15) is 11.8 Å². The van der Waals surface area contributed by atoms with Crippen LogP contribution in [0.1, 0.15) is 36.7 Å². The lowest BCUT2D eigenvalue weighted by molar-refractivity contribution is 0.255. The molecule has 0 N–H and O–H groups in total. The van der Waals surface area contributed by atoms with E-state index in [1.807, 2.05) is 30.1 Å². The quantitative estimate of drug-likeness (QED) is 0.615. The third kappa shape index (κ3) is 3.03. The lowest BCUT2D eigenvalue weighted by Gasteiger charge is -2.32. The number of methoxy groups -OCH3 is 1. The van der Waals surface area contributed by atoms with Gasteiger partial charge >= 0.3 is 0 Å². The van der Waals surface area contributed by atoms with E-state index in [1.165, 1.54) is 10.7 Å². The predicted molar refractivity (Wildman–Crippen MR) is 111 cm³/mol. The van der Waals surface area contributed by atoms with Crippen LogP contribution in [-0.4, -0.2) is 34.0 Å². The van der Waals surface area contributed by atoms with E-state index in [2.05, 4.69) is 63.7 Å². The molecule has 3 heterocycles. The van der Waals surface area contributed by atoms with Gasteiger partial charge in [-0.2, -0.15) is 0 Å². The van der Waals surface area contributed by atoms with Crippen LogP contribution in [0.4, 0.5) is 0 Å². The fraction of sp³-hybridized carbons (Fsp3) is 0.368. The van der Waals surface area contributed by atoms with Crippen LogP contribution in [0, 0.1) is 3.57 Å². The molecule has 1 aromatic carbocycles. The van der Waals surface area contributed by atoms with E-state index >= 15 is 0 Å². The normalized spacial score (nSPS) is 25.0. The van der Waals surface area contributed by atoms with Gasteiger partial charge in [-0.05, 0) is 58.8 Å². The zero-order chi connectivity index (χ0) is 17.4. The standard InChI is InChI=1S/C19H20IN3OS/c1-3-13-11-25-19-22-17(15-6-4-5-9-21-15)18(23(13)19)12-7-8-16(24-2)14(20)10-12/h4-10,13,17-18H,3,11H2,1-2H3/t13-,17+,18-/m1/s1. The molecule has 3 atom stereocenters. The van der Waals surface area contributed by atoms with Gasteiger partial charge in [0.05, 0.1) is 22.4 Å². The van der Waals surface area contributed by atoms with Crippen molar-refractivity contribution in [2.24, 2.45) is 4.99 Å². The second-order valence-corrected chi connectivity index (χ2v) is 8.38. The molecule has 0 aliphatic carbocycles. The maximum Gasteiger partial charge on any atom is 0.160 e. The fourth-order valence-corrected chi connectivity index (χ4v) is 5.67. The number of nitrogens with zero attached hydrogens (tertiary/aromatic N) is 3. The molecule has 130 valence electrons. The average Bonchev–Trinajstić information content (AvgIpc) is 3.21. The highest BCUT2D eigenvalue weighted by molar-refractivity contribution is 14.1. The average molecular weight is 465 g/mol. The van der Waals surface area contributed by atoms with Crippen molar-refractivity contribution in [2.45, 2.75) is 31.5 Å². The summed E-state index contributed by atoms with van der Waals surface area (Å²) in [6.45, 7) is 2.26. The predicted octanol–water partition coefficient (Wildman–Crippen LogP) is 4.67. The van der Waals surface area contributed by atoms with Crippen molar-refractivity contribution in [1.82, 2.24) is 9.88 Å². The van der Waals surface area contributed by atoms with Crippen LogP contribution in [0.3, 0.4) is 0 Å². The van der Waals surface area contributed by atoms with Crippen LogP contribution in [0.25, 0.3) is 0 Å². The first-order valence-electron chi connectivity index (χ1n) is 8.46. The van der Waals surface area contributed by atoms with Crippen molar-refractivity contribution in [1.29, 1.82) is 0 Å². The van der Waals surface area contributed by atoms with E-state index < -0.39 is 0 Å². The smallest absolute Gasteiger partial charge is 0.160 e. The van der Waals surface area contributed by atoms with Crippen LogP contribution >= 0.6 is 34.4 Å². The monoisotopic (exact) mass is 465 g/mol. The maximum atomic E-state index is 5.44. The van der Waals surface area contributed by atoms with E-state index in [4.69, 9.17) is 9.73 Å².